The average molecular weight is 1240 g/mol. The standard InChI is InChI=1S/C65H126O17P2/c1-7-9-11-13-14-15-16-17-18-19-20-21-22-27-30-37-43-49-64(69)81-61(54-76-63(68)48-42-36-29-26-24-23-25-28-34-39-45-57(3)4)56-80-84(73,74)78-52-59(66)51-77-83(71,72)79-55-60(53-75-62(67)47-41-33-12-10-8-2)82-65(70)50-44-38-32-31-35-40-46-58(5)6/h57-61,66H,7-56H2,1-6H3,(H,71,72)(H,73,74)/t59-,60+,61+/m0/s1. The van der Waals surface area contributed by atoms with Crippen molar-refractivity contribution in [2.24, 2.45) is 11.8 Å². The highest BCUT2D eigenvalue weighted by molar-refractivity contribution is 7.47. The van der Waals surface area contributed by atoms with Gasteiger partial charge in [0.15, 0.2) is 12.2 Å². The highest BCUT2D eigenvalue weighted by atomic mass is 31.2. The first-order chi connectivity index (χ1) is 40.4. The van der Waals surface area contributed by atoms with Gasteiger partial charge in [-0.3, -0.25) is 37.3 Å². The smallest absolute Gasteiger partial charge is 0.462 e. The van der Waals surface area contributed by atoms with Gasteiger partial charge >= 0.3 is 39.5 Å². The molecule has 0 aromatic carbocycles. The number of ether oxygens (including phenoxy) is 4. The molecule has 5 atom stereocenters. The van der Waals surface area contributed by atoms with E-state index in [0.29, 0.717) is 31.6 Å². The van der Waals surface area contributed by atoms with Gasteiger partial charge < -0.3 is 33.8 Å². The molecule has 0 aliphatic carbocycles. The van der Waals surface area contributed by atoms with Crippen LogP contribution in [-0.2, 0) is 65.4 Å². The lowest BCUT2D eigenvalue weighted by Crippen LogP contribution is -2.30. The van der Waals surface area contributed by atoms with Crippen molar-refractivity contribution >= 4 is 39.5 Å². The molecule has 0 saturated heterocycles. The van der Waals surface area contributed by atoms with E-state index in [1.54, 1.807) is 0 Å². The second-order valence-electron chi connectivity index (χ2n) is 24.5. The summed E-state index contributed by atoms with van der Waals surface area (Å²) >= 11 is 0. The summed E-state index contributed by atoms with van der Waals surface area (Å²) in [4.78, 5) is 72.0. The third-order valence-electron chi connectivity index (χ3n) is 15.0. The maximum absolute atomic E-state index is 13.0. The molecule has 3 N–H and O–H groups in total. The van der Waals surface area contributed by atoms with Gasteiger partial charge in [-0.1, -0.05) is 273 Å². The van der Waals surface area contributed by atoms with Crippen molar-refractivity contribution in [1.29, 1.82) is 0 Å². The minimum Gasteiger partial charge on any atom is -0.462 e. The SMILES string of the molecule is CCCCCCCCCCCCCCCCCCCC(=O)O[C@H](COC(=O)CCCCCCCCCCCCC(C)C)COP(=O)(O)OC[C@@H](O)COP(=O)(O)OC[C@@H](COC(=O)CCCCCCC)OC(=O)CCCCCCCCC(C)C. The zero-order chi connectivity index (χ0) is 62.2. The number of hydrogen-bond donors (Lipinski definition) is 3. The molecule has 0 bridgehead atoms. The van der Waals surface area contributed by atoms with Gasteiger partial charge in [0.05, 0.1) is 26.4 Å². The number of hydrogen-bond acceptors (Lipinski definition) is 15. The Hall–Kier alpha value is -1.94. The van der Waals surface area contributed by atoms with E-state index >= 15 is 0 Å². The molecule has 19 heteroatoms. The normalized spacial score (nSPS) is 14.3. The average Bonchev–Trinajstić information content (AvgIpc) is 3.47. The highest BCUT2D eigenvalue weighted by Crippen LogP contribution is 2.45. The molecule has 0 amide bonds. The monoisotopic (exact) mass is 1240 g/mol. The number of esters is 4. The van der Waals surface area contributed by atoms with E-state index in [4.69, 9.17) is 37.0 Å². The van der Waals surface area contributed by atoms with Gasteiger partial charge in [-0.15, -0.1) is 0 Å². The molecule has 0 rings (SSSR count). The molecule has 0 saturated carbocycles. The molecule has 0 heterocycles. The van der Waals surface area contributed by atoms with Crippen LogP contribution in [0, 0.1) is 11.8 Å². The van der Waals surface area contributed by atoms with E-state index in [1.165, 1.54) is 135 Å². The van der Waals surface area contributed by atoms with Crippen molar-refractivity contribution in [1.82, 2.24) is 0 Å². The summed E-state index contributed by atoms with van der Waals surface area (Å²) in [5.74, 6) is -0.718. The second kappa shape index (κ2) is 57.5. The first-order valence-electron chi connectivity index (χ1n) is 34.0. The molecule has 84 heavy (non-hydrogen) atoms. The summed E-state index contributed by atoms with van der Waals surface area (Å²) in [6.07, 6.45) is 40.9. The van der Waals surface area contributed by atoms with E-state index in [9.17, 15) is 43.2 Å². The number of aliphatic hydroxyl groups excluding tert-OH is 1. The fourth-order valence-electron chi connectivity index (χ4n) is 9.71. The molecule has 2 unspecified atom stereocenters. The van der Waals surface area contributed by atoms with E-state index in [-0.39, 0.29) is 25.7 Å². The fourth-order valence-corrected chi connectivity index (χ4v) is 11.3. The molecular weight excluding hydrogens is 1110 g/mol. The first kappa shape index (κ1) is 82.1. The van der Waals surface area contributed by atoms with Crippen LogP contribution >= 0.6 is 15.6 Å². The number of carbonyl (C=O) groups is 4. The number of aliphatic hydroxyl groups is 1. The third-order valence-corrected chi connectivity index (χ3v) is 16.9. The molecule has 17 nitrogen and oxygen atoms in total. The predicted octanol–water partition coefficient (Wildman–Crippen LogP) is 18.0. The van der Waals surface area contributed by atoms with Crippen LogP contribution in [0.3, 0.4) is 0 Å². The molecule has 0 aromatic heterocycles. The Morgan fingerprint density at radius 3 is 0.810 bits per heavy atom. The van der Waals surface area contributed by atoms with Gasteiger partial charge in [0.25, 0.3) is 0 Å². The van der Waals surface area contributed by atoms with Crippen molar-refractivity contribution in [3.05, 3.63) is 0 Å². The van der Waals surface area contributed by atoms with Crippen LogP contribution in [0.1, 0.15) is 324 Å². The number of phosphoric acid groups is 2. The summed E-state index contributed by atoms with van der Waals surface area (Å²) in [6, 6.07) is 0. The Labute approximate surface area is 511 Å². The van der Waals surface area contributed by atoms with Crippen molar-refractivity contribution < 1.29 is 80.2 Å². The predicted molar refractivity (Wildman–Crippen MR) is 335 cm³/mol. The van der Waals surface area contributed by atoms with Crippen LogP contribution in [-0.4, -0.2) is 96.7 Å². The van der Waals surface area contributed by atoms with Gasteiger partial charge in [-0.25, -0.2) is 9.13 Å². The number of phosphoric ester groups is 2. The zero-order valence-corrected chi connectivity index (χ0v) is 56.0. The van der Waals surface area contributed by atoms with Crippen LogP contribution in [0.15, 0.2) is 0 Å². The van der Waals surface area contributed by atoms with Gasteiger partial charge in [0.1, 0.15) is 19.3 Å². The Morgan fingerprint density at radius 1 is 0.321 bits per heavy atom. The van der Waals surface area contributed by atoms with Gasteiger partial charge in [-0.2, -0.15) is 0 Å². The zero-order valence-electron chi connectivity index (χ0n) is 54.2. The molecule has 0 spiro atoms. The van der Waals surface area contributed by atoms with Gasteiger partial charge in [0, 0.05) is 25.7 Å². The van der Waals surface area contributed by atoms with Crippen molar-refractivity contribution in [2.45, 2.75) is 342 Å². The van der Waals surface area contributed by atoms with E-state index < -0.39 is 97.5 Å². The topological polar surface area (TPSA) is 237 Å². The van der Waals surface area contributed by atoms with Crippen LogP contribution < -0.4 is 0 Å². The minimum atomic E-state index is -4.95. The van der Waals surface area contributed by atoms with E-state index in [0.717, 1.165) is 102 Å². The fraction of sp³-hybridized carbons (Fsp3) is 0.938. The van der Waals surface area contributed by atoms with Crippen molar-refractivity contribution in [3.8, 4) is 0 Å². The highest BCUT2D eigenvalue weighted by Gasteiger charge is 2.30. The third kappa shape index (κ3) is 59.0. The number of carbonyl (C=O) groups excluding carboxylic acids is 4. The molecule has 0 fully saturated rings. The van der Waals surface area contributed by atoms with Gasteiger partial charge in [-0.05, 0) is 37.5 Å². The van der Waals surface area contributed by atoms with Gasteiger partial charge in [0.2, 0.25) is 0 Å². The maximum Gasteiger partial charge on any atom is 0.472 e. The lowest BCUT2D eigenvalue weighted by Gasteiger charge is -2.21. The largest absolute Gasteiger partial charge is 0.472 e. The molecular formula is C65H126O17P2. The summed E-state index contributed by atoms with van der Waals surface area (Å²) in [5.41, 5.74) is 0. The Bertz CT molecular complexity index is 1650. The van der Waals surface area contributed by atoms with E-state index in [1.807, 2.05) is 0 Å². The Morgan fingerprint density at radius 2 is 0.548 bits per heavy atom. The second-order valence-corrected chi connectivity index (χ2v) is 27.4. The van der Waals surface area contributed by atoms with Crippen molar-refractivity contribution in [2.75, 3.05) is 39.6 Å². The quantitative estimate of drug-likeness (QED) is 0.0222. The molecule has 0 aliphatic heterocycles. The number of rotatable bonds is 64. The lowest BCUT2D eigenvalue weighted by atomic mass is 10.0. The van der Waals surface area contributed by atoms with Crippen LogP contribution in [0.4, 0.5) is 0 Å². The van der Waals surface area contributed by atoms with E-state index in [2.05, 4.69) is 41.5 Å². The Kier molecular flexibility index (Phi) is 56.2. The lowest BCUT2D eigenvalue weighted by molar-refractivity contribution is -0.161. The molecule has 0 aromatic rings. The molecule has 498 valence electrons. The number of unbranched alkanes of at least 4 members (excludes halogenated alkanes) is 34. The molecule has 0 aliphatic rings. The maximum atomic E-state index is 13.0. The summed E-state index contributed by atoms with van der Waals surface area (Å²) < 4.78 is 67.8. The van der Waals surface area contributed by atoms with Crippen LogP contribution in [0.5, 0.6) is 0 Å². The first-order valence-corrected chi connectivity index (χ1v) is 37.0. The van der Waals surface area contributed by atoms with Crippen molar-refractivity contribution in [3.63, 3.8) is 0 Å². The Balaban J connectivity index is 5.16. The summed E-state index contributed by atoms with van der Waals surface area (Å²) in [7, 11) is -9.88. The minimum absolute atomic E-state index is 0.101. The summed E-state index contributed by atoms with van der Waals surface area (Å²) in [6.45, 7) is 9.32. The van der Waals surface area contributed by atoms with Crippen LogP contribution in [0.2, 0.25) is 0 Å². The van der Waals surface area contributed by atoms with Crippen LogP contribution in [0.25, 0.3) is 0 Å². The summed E-state index contributed by atoms with van der Waals surface area (Å²) in [5, 5.41) is 10.5. The molecule has 0 radical (unpaired) electrons.